The summed E-state index contributed by atoms with van der Waals surface area (Å²) in [6.45, 7) is 13.2. The van der Waals surface area contributed by atoms with E-state index in [1.165, 1.54) is 11.8 Å². The lowest BCUT2D eigenvalue weighted by Crippen LogP contribution is -2.55. The number of nitrogens with one attached hydrogen (secondary N) is 3. The summed E-state index contributed by atoms with van der Waals surface area (Å²) in [6.07, 6.45) is 3.28. The molecule has 7 nitrogen and oxygen atoms in total. The average molecular weight is 360 g/mol. The van der Waals surface area contributed by atoms with Crippen LogP contribution in [0.3, 0.4) is 0 Å². The summed E-state index contributed by atoms with van der Waals surface area (Å²) in [5, 5.41) is 6.63. The molecule has 140 valence electrons. The lowest BCUT2D eigenvalue weighted by atomic mass is 10.0. The Labute approximate surface area is 147 Å². The summed E-state index contributed by atoms with van der Waals surface area (Å²) in [5.41, 5.74) is 0.607. The minimum absolute atomic E-state index is 0.378. The molecular weight excluding hydrogens is 326 g/mol. The number of guanidine groups is 1. The molecule has 0 aromatic heterocycles. The number of likely N-dealkylation sites (tertiary alicyclic amines) is 1. The molecular formula is C16H33N5O2S. The summed E-state index contributed by atoms with van der Waals surface area (Å²) >= 11 is 0. The second-order valence-corrected chi connectivity index (χ2v) is 9.08. The van der Waals surface area contributed by atoms with Gasteiger partial charge in [-0.2, -0.15) is 0 Å². The standard InChI is InChI=1S/C16H33N5O2S/c1-13(2)11-21-9-7-14(8-10-21)19-15(17-5)18-12-16(3,4)20-24(6,22)23/h14,20H,1,7-12H2,2-6H3,(H2,17,18,19). The van der Waals surface area contributed by atoms with E-state index in [0.29, 0.717) is 18.5 Å². The lowest BCUT2D eigenvalue weighted by Gasteiger charge is -2.33. The van der Waals surface area contributed by atoms with Crippen LogP contribution in [0.15, 0.2) is 17.1 Å². The van der Waals surface area contributed by atoms with Crippen molar-refractivity contribution in [1.29, 1.82) is 0 Å². The molecule has 0 spiro atoms. The Kier molecular flexibility index (Phi) is 7.69. The first-order valence-corrected chi connectivity index (χ1v) is 10.2. The predicted octanol–water partition coefficient (Wildman–Crippen LogP) is 0.520. The maximum absolute atomic E-state index is 11.4. The maximum Gasteiger partial charge on any atom is 0.209 e. The second kappa shape index (κ2) is 8.82. The Morgan fingerprint density at radius 2 is 1.92 bits per heavy atom. The van der Waals surface area contributed by atoms with Crippen molar-refractivity contribution in [2.75, 3.05) is 39.5 Å². The zero-order valence-electron chi connectivity index (χ0n) is 15.6. The van der Waals surface area contributed by atoms with Crippen molar-refractivity contribution < 1.29 is 8.42 Å². The summed E-state index contributed by atoms with van der Waals surface area (Å²) in [4.78, 5) is 6.65. The van der Waals surface area contributed by atoms with E-state index < -0.39 is 15.6 Å². The van der Waals surface area contributed by atoms with Crippen molar-refractivity contribution in [3.8, 4) is 0 Å². The SMILES string of the molecule is C=C(C)CN1CCC(NC(=NC)NCC(C)(C)NS(C)(=O)=O)CC1. The zero-order valence-corrected chi connectivity index (χ0v) is 16.5. The quantitative estimate of drug-likeness (QED) is 0.351. The van der Waals surface area contributed by atoms with Crippen LogP contribution in [0.5, 0.6) is 0 Å². The molecule has 1 aliphatic heterocycles. The molecule has 0 atom stereocenters. The Balaban J connectivity index is 2.42. The van der Waals surface area contributed by atoms with Crippen molar-refractivity contribution >= 4 is 16.0 Å². The number of nitrogens with zero attached hydrogens (tertiary/aromatic N) is 2. The largest absolute Gasteiger partial charge is 0.355 e. The molecule has 1 saturated heterocycles. The van der Waals surface area contributed by atoms with Gasteiger partial charge in [0, 0.05) is 44.8 Å². The number of sulfonamides is 1. The highest BCUT2D eigenvalue weighted by atomic mass is 32.2. The molecule has 0 unspecified atom stereocenters. The van der Waals surface area contributed by atoms with Crippen molar-refractivity contribution in [3.63, 3.8) is 0 Å². The summed E-state index contributed by atoms with van der Waals surface area (Å²) in [5.74, 6) is 0.705. The van der Waals surface area contributed by atoms with Crippen LogP contribution in [-0.4, -0.2) is 70.3 Å². The van der Waals surface area contributed by atoms with Crippen LogP contribution in [0.4, 0.5) is 0 Å². The van der Waals surface area contributed by atoms with Gasteiger partial charge in [0.1, 0.15) is 0 Å². The zero-order chi connectivity index (χ0) is 18.4. The summed E-state index contributed by atoms with van der Waals surface area (Å²) in [6, 6.07) is 0.378. The van der Waals surface area contributed by atoms with Crippen molar-refractivity contribution in [3.05, 3.63) is 12.2 Å². The van der Waals surface area contributed by atoms with Gasteiger partial charge in [-0.25, -0.2) is 13.1 Å². The van der Waals surface area contributed by atoms with Gasteiger partial charge < -0.3 is 10.6 Å². The number of rotatable bonds is 7. The first-order valence-electron chi connectivity index (χ1n) is 8.33. The van der Waals surface area contributed by atoms with Crippen LogP contribution >= 0.6 is 0 Å². The Morgan fingerprint density at radius 3 is 2.38 bits per heavy atom. The number of hydrogen-bond donors (Lipinski definition) is 3. The van der Waals surface area contributed by atoms with Gasteiger partial charge in [-0.15, -0.1) is 0 Å². The van der Waals surface area contributed by atoms with Gasteiger partial charge >= 0.3 is 0 Å². The fourth-order valence-electron chi connectivity index (χ4n) is 2.85. The third kappa shape index (κ3) is 8.65. The molecule has 0 saturated carbocycles. The Hall–Kier alpha value is -1.12. The molecule has 0 bridgehead atoms. The van der Waals surface area contributed by atoms with Crippen LogP contribution in [0.1, 0.15) is 33.6 Å². The number of aliphatic imine (C=N–C) groups is 1. The molecule has 8 heteroatoms. The minimum Gasteiger partial charge on any atom is -0.355 e. The van der Waals surface area contributed by atoms with E-state index in [9.17, 15) is 8.42 Å². The normalized spacial score (nSPS) is 18.5. The summed E-state index contributed by atoms with van der Waals surface area (Å²) in [7, 11) is -1.52. The fourth-order valence-corrected chi connectivity index (χ4v) is 3.92. The minimum atomic E-state index is -3.24. The smallest absolute Gasteiger partial charge is 0.209 e. The van der Waals surface area contributed by atoms with Crippen LogP contribution in [0.2, 0.25) is 0 Å². The third-order valence-electron chi connectivity index (χ3n) is 3.81. The van der Waals surface area contributed by atoms with E-state index in [2.05, 4.69) is 38.8 Å². The van der Waals surface area contributed by atoms with Crippen LogP contribution in [-0.2, 0) is 10.0 Å². The van der Waals surface area contributed by atoms with Crippen LogP contribution in [0, 0.1) is 0 Å². The predicted molar refractivity (Wildman–Crippen MR) is 101 cm³/mol. The highest BCUT2D eigenvalue weighted by Crippen LogP contribution is 2.11. The van der Waals surface area contributed by atoms with E-state index in [-0.39, 0.29) is 0 Å². The molecule has 1 heterocycles. The second-order valence-electron chi connectivity index (χ2n) is 7.34. The molecule has 1 fully saturated rings. The topological polar surface area (TPSA) is 85.8 Å². The van der Waals surface area contributed by atoms with Crippen molar-refractivity contribution in [2.45, 2.75) is 45.2 Å². The number of hydrogen-bond acceptors (Lipinski definition) is 4. The van der Waals surface area contributed by atoms with Crippen LogP contribution < -0.4 is 15.4 Å². The molecule has 3 N–H and O–H groups in total. The van der Waals surface area contributed by atoms with E-state index in [0.717, 1.165) is 32.5 Å². The summed E-state index contributed by atoms with van der Waals surface area (Å²) < 4.78 is 25.4. The molecule has 1 rings (SSSR count). The van der Waals surface area contributed by atoms with E-state index in [1.54, 1.807) is 7.05 Å². The van der Waals surface area contributed by atoms with Crippen molar-refractivity contribution in [1.82, 2.24) is 20.3 Å². The molecule has 24 heavy (non-hydrogen) atoms. The average Bonchev–Trinajstić information content (AvgIpc) is 2.42. The maximum atomic E-state index is 11.4. The highest BCUT2D eigenvalue weighted by Gasteiger charge is 2.24. The fraction of sp³-hybridized carbons (Fsp3) is 0.812. The van der Waals surface area contributed by atoms with Gasteiger partial charge in [0.05, 0.1) is 6.26 Å². The van der Waals surface area contributed by atoms with E-state index >= 15 is 0 Å². The molecule has 0 radical (unpaired) electrons. The van der Waals surface area contributed by atoms with Gasteiger partial charge in [0.2, 0.25) is 10.0 Å². The lowest BCUT2D eigenvalue weighted by molar-refractivity contribution is 0.221. The molecule has 1 aliphatic rings. The number of piperidine rings is 1. The van der Waals surface area contributed by atoms with Gasteiger partial charge in [-0.3, -0.25) is 9.89 Å². The van der Waals surface area contributed by atoms with Gasteiger partial charge in [0.25, 0.3) is 0 Å². The highest BCUT2D eigenvalue weighted by molar-refractivity contribution is 7.88. The van der Waals surface area contributed by atoms with E-state index in [4.69, 9.17) is 0 Å². The molecule has 0 aromatic rings. The van der Waals surface area contributed by atoms with Crippen LogP contribution in [0.25, 0.3) is 0 Å². The third-order valence-corrected chi connectivity index (χ3v) is 4.73. The molecule has 0 amide bonds. The molecule has 0 aromatic carbocycles. The Bertz CT molecular complexity index is 549. The first kappa shape index (κ1) is 20.9. The van der Waals surface area contributed by atoms with Gasteiger partial charge in [0.15, 0.2) is 5.96 Å². The van der Waals surface area contributed by atoms with E-state index in [1.807, 2.05) is 13.8 Å². The monoisotopic (exact) mass is 359 g/mol. The molecule has 0 aliphatic carbocycles. The van der Waals surface area contributed by atoms with Gasteiger partial charge in [-0.1, -0.05) is 12.2 Å². The van der Waals surface area contributed by atoms with Gasteiger partial charge in [-0.05, 0) is 33.6 Å². The van der Waals surface area contributed by atoms with Crippen molar-refractivity contribution in [2.24, 2.45) is 4.99 Å². The Morgan fingerprint density at radius 1 is 1.33 bits per heavy atom. The first-order chi connectivity index (χ1) is 11.0.